The van der Waals surface area contributed by atoms with Crippen LogP contribution in [0.5, 0.6) is 0 Å². The number of hydrogen-bond donors (Lipinski definition) is 1. The fraction of sp³-hybridized carbons (Fsp3) is 0.667. The van der Waals surface area contributed by atoms with Gasteiger partial charge < -0.3 is 4.74 Å². The Morgan fingerprint density at radius 2 is 2.27 bits per heavy atom. The molecule has 0 aliphatic carbocycles. The SMILES string of the molecule is C=CS(=O)(=O)NCCCOC. The first-order valence-corrected chi connectivity index (χ1v) is 4.78. The number of nitrogens with one attached hydrogen (secondary N) is 1. The van der Waals surface area contributed by atoms with Crippen LogP contribution < -0.4 is 4.72 Å². The maximum absolute atomic E-state index is 10.7. The van der Waals surface area contributed by atoms with Gasteiger partial charge in [-0.25, -0.2) is 13.1 Å². The molecule has 0 amide bonds. The highest BCUT2D eigenvalue weighted by Crippen LogP contribution is 1.84. The van der Waals surface area contributed by atoms with Crippen molar-refractivity contribution in [3.63, 3.8) is 0 Å². The maximum atomic E-state index is 10.7. The zero-order valence-electron chi connectivity index (χ0n) is 6.54. The second-order valence-corrected chi connectivity index (χ2v) is 3.66. The van der Waals surface area contributed by atoms with E-state index in [9.17, 15) is 8.42 Å². The third kappa shape index (κ3) is 6.03. The zero-order chi connectivity index (χ0) is 8.74. The van der Waals surface area contributed by atoms with E-state index in [1.807, 2.05) is 0 Å². The molecule has 0 atom stereocenters. The number of methoxy groups -OCH3 is 1. The molecule has 0 spiro atoms. The molecular formula is C6H13NO3S. The van der Waals surface area contributed by atoms with E-state index < -0.39 is 10.0 Å². The van der Waals surface area contributed by atoms with Gasteiger partial charge in [0.05, 0.1) is 0 Å². The first-order valence-electron chi connectivity index (χ1n) is 3.23. The summed E-state index contributed by atoms with van der Waals surface area (Å²) >= 11 is 0. The van der Waals surface area contributed by atoms with Crippen LogP contribution in [0.1, 0.15) is 6.42 Å². The van der Waals surface area contributed by atoms with Crippen molar-refractivity contribution in [1.29, 1.82) is 0 Å². The van der Waals surface area contributed by atoms with Crippen LogP contribution in [0.4, 0.5) is 0 Å². The van der Waals surface area contributed by atoms with Gasteiger partial charge in [-0.05, 0) is 6.42 Å². The lowest BCUT2D eigenvalue weighted by Crippen LogP contribution is -2.22. The van der Waals surface area contributed by atoms with E-state index in [4.69, 9.17) is 4.74 Å². The standard InChI is InChI=1S/C6H13NO3S/c1-3-11(8,9)7-5-4-6-10-2/h3,7H,1,4-6H2,2H3. The summed E-state index contributed by atoms with van der Waals surface area (Å²) in [5.41, 5.74) is 0. The van der Waals surface area contributed by atoms with Crippen LogP contribution in [0.15, 0.2) is 12.0 Å². The fourth-order valence-electron chi connectivity index (χ4n) is 0.490. The highest BCUT2D eigenvalue weighted by atomic mass is 32.2. The summed E-state index contributed by atoms with van der Waals surface area (Å²) in [7, 11) is -1.67. The van der Waals surface area contributed by atoms with Gasteiger partial charge in [0.15, 0.2) is 0 Å². The van der Waals surface area contributed by atoms with Gasteiger partial charge in [-0.1, -0.05) is 6.58 Å². The van der Waals surface area contributed by atoms with Gasteiger partial charge in [0.1, 0.15) is 0 Å². The summed E-state index contributed by atoms with van der Waals surface area (Å²) in [6, 6.07) is 0. The Morgan fingerprint density at radius 3 is 2.73 bits per heavy atom. The third-order valence-corrected chi connectivity index (χ3v) is 2.09. The van der Waals surface area contributed by atoms with Gasteiger partial charge in [-0.2, -0.15) is 0 Å². The van der Waals surface area contributed by atoms with Crippen molar-refractivity contribution in [1.82, 2.24) is 4.72 Å². The molecule has 0 heterocycles. The molecule has 66 valence electrons. The summed E-state index contributed by atoms with van der Waals surface area (Å²) < 4.78 is 28.4. The molecule has 0 radical (unpaired) electrons. The first-order chi connectivity index (χ1) is 5.12. The van der Waals surface area contributed by atoms with Gasteiger partial charge in [0.2, 0.25) is 10.0 Å². The summed E-state index contributed by atoms with van der Waals surface area (Å²) in [5, 5.41) is 0.889. The molecule has 0 rings (SSSR count). The molecule has 0 saturated heterocycles. The molecule has 0 aliphatic rings. The average Bonchev–Trinajstić information content (AvgIpc) is 1.99. The lowest BCUT2D eigenvalue weighted by molar-refractivity contribution is 0.196. The summed E-state index contributed by atoms with van der Waals surface area (Å²) in [4.78, 5) is 0. The van der Waals surface area contributed by atoms with Crippen LogP contribution >= 0.6 is 0 Å². The van der Waals surface area contributed by atoms with Crippen molar-refractivity contribution in [3.05, 3.63) is 12.0 Å². The highest BCUT2D eigenvalue weighted by molar-refractivity contribution is 7.92. The molecule has 4 nitrogen and oxygen atoms in total. The Hall–Kier alpha value is -0.390. The fourth-order valence-corrected chi connectivity index (χ4v) is 1.04. The lowest BCUT2D eigenvalue weighted by atomic mass is 10.5. The summed E-state index contributed by atoms with van der Waals surface area (Å²) in [5.74, 6) is 0. The summed E-state index contributed by atoms with van der Waals surface area (Å²) in [6.07, 6.45) is 0.670. The van der Waals surface area contributed by atoms with Crippen molar-refractivity contribution < 1.29 is 13.2 Å². The Morgan fingerprint density at radius 1 is 1.64 bits per heavy atom. The molecule has 0 aromatic carbocycles. The monoisotopic (exact) mass is 179 g/mol. The van der Waals surface area contributed by atoms with E-state index in [-0.39, 0.29) is 0 Å². The number of hydrogen-bond acceptors (Lipinski definition) is 3. The second kappa shape index (κ2) is 5.29. The minimum absolute atomic E-state index is 0.391. The maximum Gasteiger partial charge on any atom is 0.233 e. The Labute approximate surface area is 67.3 Å². The van der Waals surface area contributed by atoms with Crippen LogP contribution in [0.3, 0.4) is 0 Å². The van der Waals surface area contributed by atoms with Gasteiger partial charge in [-0.15, -0.1) is 0 Å². The molecule has 0 aromatic rings. The molecular weight excluding hydrogens is 166 g/mol. The number of rotatable bonds is 6. The smallest absolute Gasteiger partial charge is 0.233 e. The lowest BCUT2D eigenvalue weighted by Gasteiger charge is -2.00. The van der Waals surface area contributed by atoms with E-state index in [0.717, 1.165) is 5.41 Å². The molecule has 0 fully saturated rings. The van der Waals surface area contributed by atoms with Crippen molar-refractivity contribution in [2.75, 3.05) is 20.3 Å². The van der Waals surface area contributed by atoms with Crippen molar-refractivity contribution in [2.24, 2.45) is 0 Å². The van der Waals surface area contributed by atoms with E-state index in [0.29, 0.717) is 19.6 Å². The molecule has 0 aliphatic heterocycles. The molecule has 0 bridgehead atoms. The minimum atomic E-state index is -3.24. The Kier molecular flexibility index (Phi) is 5.10. The quantitative estimate of drug-likeness (QED) is 0.588. The summed E-state index contributed by atoms with van der Waals surface area (Å²) in [6.45, 7) is 4.10. The van der Waals surface area contributed by atoms with E-state index in [1.54, 1.807) is 7.11 Å². The molecule has 11 heavy (non-hydrogen) atoms. The van der Waals surface area contributed by atoms with Crippen molar-refractivity contribution >= 4 is 10.0 Å². The molecule has 1 N–H and O–H groups in total. The molecule has 0 aromatic heterocycles. The largest absolute Gasteiger partial charge is 0.385 e. The van der Waals surface area contributed by atoms with Crippen molar-refractivity contribution in [2.45, 2.75) is 6.42 Å². The van der Waals surface area contributed by atoms with Gasteiger partial charge in [-0.3, -0.25) is 0 Å². The normalized spacial score (nSPS) is 11.4. The number of sulfonamides is 1. The molecule has 0 unspecified atom stereocenters. The van der Waals surface area contributed by atoms with Gasteiger partial charge in [0.25, 0.3) is 0 Å². The number of ether oxygens (including phenoxy) is 1. The van der Waals surface area contributed by atoms with Crippen LogP contribution in [0, 0.1) is 0 Å². The van der Waals surface area contributed by atoms with Crippen LogP contribution in [0.2, 0.25) is 0 Å². The van der Waals surface area contributed by atoms with E-state index >= 15 is 0 Å². The van der Waals surface area contributed by atoms with Crippen LogP contribution in [0.25, 0.3) is 0 Å². The van der Waals surface area contributed by atoms with Gasteiger partial charge >= 0.3 is 0 Å². The molecule has 0 saturated carbocycles. The van der Waals surface area contributed by atoms with E-state index in [2.05, 4.69) is 11.3 Å². The van der Waals surface area contributed by atoms with Crippen LogP contribution in [-0.4, -0.2) is 28.7 Å². The second-order valence-electron chi connectivity index (χ2n) is 1.95. The minimum Gasteiger partial charge on any atom is -0.385 e. The Bertz CT molecular complexity index is 198. The average molecular weight is 179 g/mol. The van der Waals surface area contributed by atoms with Gasteiger partial charge in [0, 0.05) is 25.7 Å². The first kappa shape index (κ1) is 10.6. The zero-order valence-corrected chi connectivity index (χ0v) is 7.36. The predicted octanol–water partition coefficient (Wildman–Crippen LogP) is 0.0858. The third-order valence-electron chi connectivity index (χ3n) is 1.05. The topological polar surface area (TPSA) is 55.4 Å². The molecule has 5 heteroatoms. The Balaban J connectivity index is 3.47. The van der Waals surface area contributed by atoms with Crippen LogP contribution in [-0.2, 0) is 14.8 Å². The predicted molar refractivity (Wildman–Crippen MR) is 43.6 cm³/mol. The van der Waals surface area contributed by atoms with Crippen molar-refractivity contribution in [3.8, 4) is 0 Å². The highest BCUT2D eigenvalue weighted by Gasteiger charge is 2.00. The van der Waals surface area contributed by atoms with E-state index in [1.165, 1.54) is 0 Å².